The number of aryl methyl sites for hydroxylation is 1. The zero-order valence-corrected chi connectivity index (χ0v) is 9.59. The molecule has 1 aromatic heterocycles. The van der Waals surface area contributed by atoms with E-state index in [0.29, 0.717) is 0 Å². The molecule has 2 aromatic rings. The van der Waals surface area contributed by atoms with Crippen LogP contribution < -0.4 is 0 Å². The van der Waals surface area contributed by atoms with E-state index in [1.54, 1.807) is 6.20 Å². The van der Waals surface area contributed by atoms with Crippen LogP contribution in [0.5, 0.6) is 0 Å². The minimum Gasteiger partial charge on any atom is -0.364 e. The predicted octanol–water partition coefficient (Wildman–Crippen LogP) is 2.73. The highest BCUT2D eigenvalue weighted by molar-refractivity contribution is 5.31. The van der Waals surface area contributed by atoms with Gasteiger partial charge in [-0.2, -0.15) is 0 Å². The Kier molecular flexibility index (Phi) is 3.23. The molecule has 0 bridgehead atoms. The molecular weight excluding hydrogens is 216 g/mol. The Morgan fingerprint density at radius 1 is 1.35 bits per heavy atom. The molecular formula is C13H14N2O2. The van der Waals surface area contributed by atoms with Crippen LogP contribution in [0.1, 0.15) is 22.7 Å². The molecule has 0 spiro atoms. The molecule has 1 N–H and O–H groups in total. The van der Waals surface area contributed by atoms with E-state index in [1.165, 1.54) is 0 Å². The van der Waals surface area contributed by atoms with E-state index in [4.69, 9.17) is 0 Å². The first-order chi connectivity index (χ1) is 8.16. The van der Waals surface area contributed by atoms with Crippen LogP contribution in [0.3, 0.4) is 0 Å². The SMILES string of the molecule is Cc1cccc([C@H](C[N+](=O)[O-])c2ccc[nH]2)c1. The Labute approximate surface area is 99.4 Å². The molecule has 0 aliphatic rings. The van der Waals surface area contributed by atoms with Gasteiger partial charge in [-0.25, -0.2) is 0 Å². The molecule has 0 amide bonds. The Balaban J connectivity index is 2.36. The number of nitrogens with zero attached hydrogens (tertiary/aromatic N) is 1. The molecule has 0 radical (unpaired) electrons. The fourth-order valence-corrected chi connectivity index (χ4v) is 1.98. The molecule has 17 heavy (non-hydrogen) atoms. The van der Waals surface area contributed by atoms with Gasteiger partial charge in [0.05, 0.1) is 5.92 Å². The average molecular weight is 230 g/mol. The fraction of sp³-hybridized carbons (Fsp3) is 0.231. The number of benzene rings is 1. The quantitative estimate of drug-likeness (QED) is 0.648. The molecule has 0 aliphatic carbocycles. The molecule has 1 aromatic carbocycles. The van der Waals surface area contributed by atoms with Crippen molar-refractivity contribution in [3.05, 3.63) is 69.5 Å². The monoisotopic (exact) mass is 230 g/mol. The fourth-order valence-electron chi connectivity index (χ4n) is 1.98. The number of hydrogen-bond acceptors (Lipinski definition) is 2. The van der Waals surface area contributed by atoms with Crippen LogP contribution in [0.25, 0.3) is 0 Å². The summed E-state index contributed by atoms with van der Waals surface area (Å²) in [6, 6.07) is 11.6. The minimum atomic E-state index is -0.270. The van der Waals surface area contributed by atoms with Crippen molar-refractivity contribution in [3.8, 4) is 0 Å². The molecule has 1 heterocycles. The van der Waals surface area contributed by atoms with Crippen molar-refractivity contribution < 1.29 is 4.92 Å². The van der Waals surface area contributed by atoms with Gasteiger partial charge in [0.2, 0.25) is 6.54 Å². The van der Waals surface area contributed by atoms with Gasteiger partial charge in [0.1, 0.15) is 0 Å². The van der Waals surface area contributed by atoms with Crippen molar-refractivity contribution in [3.63, 3.8) is 0 Å². The normalized spacial score (nSPS) is 12.3. The first kappa shape index (κ1) is 11.4. The second-order valence-corrected chi connectivity index (χ2v) is 4.11. The van der Waals surface area contributed by atoms with Crippen LogP contribution in [0.4, 0.5) is 0 Å². The Bertz CT molecular complexity index is 506. The van der Waals surface area contributed by atoms with Gasteiger partial charge in [-0.15, -0.1) is 0 Å². The molecule has 0 unspecified atom stereocenters. The van der Waals surface area contributed by atoms with Crippen LogP contribution in [0.2, 0.25) is 0 Å². The third-order valence-electron chi connectivity index (χ3n) is 2.77. The van der Waals surface area contributed by atoms with Crippen molar-refractivity contribution in [2.45, 2.75) is 12.8 Å². The minimum absolute atomic E-state index is 0.0933. The van der Waals surface area contributed by atoms with Crippen LogP contribution in [0, 0.1) is 17.0 Å². The highest BCUT2D eigenvalue weighted by atomic mass is 16.6. The number of hydrogen-bond donors (Lipinski definition) is 1. The maximum atomic E-state index is 10.8. The standard InChI is InChI=1S/C13H14N2O2/c1-10-4-2-5-11(8-10)12(9-15(16)17)13-6-3-7-14-13/h2-8,12,14H,9H2,1H3/t12-/m0/s1. The van der Waals surface area contributed by atoms with Crippen molar-refractivity contribution in [2.24, 2.45) is 0 Å². The van der Waals surface area contributed by atoms with Gasteiger partial charge in [0.25, 0.3) is 0 Å². The maximum absolute atomic E-state index is 10.8. The highest BCUT2D eigenvalue weighted by Gasteiger charge is 2.20. The third-order valence-corrected chi connectivity index (χ3v) is 2.77. The lowest BCUT2D eigenvalue weighted by Crippen LogP contribution is -2.14. The molecule has 0 fully saturated rings. The molecule has 2 rings (SSSR count). The molecule has 0 saturated heterocycles. The summed E-state index contributed by atoms with van der Waals surface area (Å²) in [5, 5.41) is 10.8. The lowest BCUT2D eigenvalue weighted by molar-refractivity contribution is -0.481. The lowest BCUT2D eigenvalue weighted by atomic mass is 9.94. The molecule has 88 valence electrons. The summed E-state index contributed by atoms with van der Waals surface area (Å²) >= 11 is 0. The molecule has 1 atom stereocenters. The number of aromatic nitrogens is 1. The van der Waals surface area contributed by atoms with Crippen molar-refractivity contribution in [2.75, 3.05) is 6.54 Å². The Hall–Kier alpha value is -2.10. The summed E-state index contributed by atoms with van der Waals surface area (Å²) in [7, 11) is 0. The smallest absolute Gasteiger partial charge is 0.216 e. The summed E-state index contributed by atoms with van der Waals surface area (Å²) < 4.78 is 0. The summed E-state index contributed by atoms with van der Waals surface area (Å²) in [5.41, 5.74) is 2.97. The summed E-state index contributed by atoms with van der Waals surface area (Å²) in [5.74, 6) is -0.208. The summed E-state index contributed by atoms with van der Waals surface area (Å²) in [4.78, 5) is 13.5. The van der Waals surface area contributed by atoms with Crippen LogP contribution in [0.15, 0.2) is 42.6 Å². The Morgan fingerprint density at radius 3 is 2.76 bits per heavy atom. The highest BCUT2D eigenvalue weighted by Crippen LogP contribution is 2.24. The van der Waals surface area contributed by atoms with E-state index in [2.05, 4.69) is 4.98 Å². The van der Waals surface area contributed by atoms with Crippen LogP contribution in [-0.4, -0.2) is 16.5 Å². The van der Waals surface area contributed by atoms with Gasteiger partial charge >= 0.3 is 0 Å². The van der Waals surface area contributed by atoms with Gasteiger partial charge in [-0.3, -0.25) is 10.1 Å². The number of rotatable bonds is 4. The number of aromatic amines is 1. The summed E-state index contributed by atoms with van der Waals surface area (Å²) in [6.07, 6.45) is 1.79. The van der Waals surface area contributed by atoms with Crippen molar-refractivity contribution in [1.82, 2.24) is 4.98 Å². The second kappa shape index (κ2) is 4.82. The van der Waals surface area contributed by atoms with Crippen LogP contribution in [-0.2, 0) is 0 Å². The molecule has 4 heteroatoms. The molecule has 0 saturated carbocycles. The third kappa shape index (κ3) is 2.72. The van der Waals surface area contributed by atoms with Crippen molar-refractivity contribution >= 4 is 0 Å². The predicted molar refractivity (Wildman–Crippen MR) is 65.7 cm³/mol. The van der Waals surface area contributed by atoms with E-state index >= 15 is 0 Å². The van der Waals surface area contributed by atoms with E-state index < -0.39 is 0 Å². The van der Waals surface area contributed by atoms with Gasteiger partial charge in [-0.1, -0.05) is 29.8 Å². The van der Waals surface area contributed by atoms with Crippen LogP contribution >= 0.6 is 0 Å². The Morgan fingerprint density at radius 2 is 2.18 bits per heavy atom. The van der Waals surface area contributed by atoms with Gasteiger partial charge in [-0.05, 0) is 24.6 Å². The zero-order valence-electron chi connectivity index (χ0n) is 9.59. The van der Waals surface area contributed by atoms with Gasteiger partial charge in [0.15, 0.2) is 0 Å². The first-order valence-corrected chi connectivity index (χ1v) is 5.48. The maximum Gasteiger partial charge on any atom is 0.216 e. The van der Waals surface area contributed by atoms with Gasteiger partial charge in [0, 0.05) is 16.8 Å². The zero-order chi connectivity index (χ0) is 12.3. The number of nitrogens with one attached hydrogen (secondary N) is 1. The van der Waals surface area contributed by atoms with E-state index in [9.17, 15) is 10.1 Å². The topological polar surface area (TPSA) is 58.9 Å². The second-order valence-electron chi connectivity index (χ2n) is 4.11. The lowest BCUT2D eigenvalue weighted by Gasteiger charge is -2.12. The van der Waals surface area contributed by atoms with E-state index in [1.807, 2.05) is 43.3 Å². The van der Waals surface area contributed by atoms with Crippen molar-refractivity contribution in [1.29, 1.82) is 0 Å². The molecule has 4 nitrogen and oxygen atoms in total. The van der Waals surface area contributed by atoms with Gasteiger partial charge < -0.3 is 4.98 Å². The van der Waals surface area contributed by atoms with E-state index in [-0.39, 0.29) is 17.4 Å². The molecule has 0 aliphatic heterocycles. The number of nitro groups is 1. The first-order valence-electron chi connectivity index (χ1n) is 5.48. The largest absolute Gasteiger partial charge is 0.364 e. The number of H-pyrrole nitrogens is 1. The average Bonchev–Trinajstić information content (AvgIpc) is 2.79. The van der Waals surface area contributed by atoms with E-state index in [0.717, 1.165) is 16.8 Å². The summed E-state index contributed by atoms with van der Waals surface area (Å²) in [6.45, 7) is 1.89.